The fraction of sp³-hybridized carbons (Fsp3) is 0.194. The third kappa shape index (κ3) is 6.94. The summed E-state index contributed by atoms with van der Waals surface area (Å²) in [5, 5.41) is 13.0. The molecule has 0 aliphatic heterocycles. The fourth-order valence-corrected chi connectivity index (χ4v) is 4.75. The van der Waals surface area contributed by atoms with Crippen LogP contribution in [0.1, 0.15) is 64.0 Å². The molecule has 0 saturated heterocycles. The van der Waals surface area contributed by atoms with Crippen LogP contribution in [0.15, 0.2) is 103 Å². The van der Waals surface area contributed by atoms with E-state index in [1.807, 2.05) is 24.3 Å². The zero-order valence-electron chi connectivity index (χ0n) is 23.3. The lowest BCUT2D eigenvalue weighted by Gasteiger charge is -2.16. The second-order valence-electron chi connectivity index (χ2n) is 10.3. The molecule has 0 spiro atoms. The quantitative estimate of drug-likeness (QED) is 0.222. The van der Waals surface area contributed by atoms with E-state index in [1.165, 1.54) is 39.0 Å². The molecular formula is C36H37NO2. The second kappa shape index (κ2) is 12.4. The van der Waals surface area contributed by atoms with Gasteiger partial charge < -0.3 is 10.4 Å². The van der Waals surface area contributed by atoms with Crippen LogP contribution in [0, 0.1) is 13.8 Å². The van der Waals surface area contributed by atoms with Gasteiger partial charge in [0.2, 0.25) is 0 Å². The third-order valence-corrected chi connectivity index (χ3v) is 7.47. The molecule has 0 amide bonds. The Labute approximate surface area is 232 Å². The van der Waals surface area contributed by atoms with Crippen molar-refractivity contribution in [2.45, 2.75) is 47.1 Å². The van der Waals surface area contributed by atoms with Crippen molar-refractivity contribution in [2.24, 2.45) is 0 Å². The number of rotatable bonds is 10. The molecule has 198 valence electrons. The average Bonchev–Trinajstić information content (AvgIpc) is 2.95. The predicted octanol–water partition coefficient (Wildman–Crippen LogP) is 8.86. The number of aromatic carboxylic acids is 1. The molecule has 3 nitrogen and oxygen atoms in total. The molecule has 0 bridgehead atoms. The maximum Gasteiger partial charge on any atom is 0.336 e. The van der Waals surface area contributed by atoms with E-state index >= 15 is 0 Å². The summed E-state index contributed by atoms with van der Waals surface area (Å²) >= 11 is 0. The lowest BCUT2D eigenvalue weighted by molar-refractivity contribution is 0.0697. The van der Waals surface area contributed by atoms with Crippen molar-refractivity contribution < 1.29 is 9.90 Å². The summed E-state index contributed by atoms with van der Waals surface area (Å²) in [6, 6.07) is 30.5. The van der Waals surface area contributed by atoms with Crippen molar-refractivity contribution in [3.63, 3.8) is 0 Å². The van der Waals surface area contributed by atoms with Crippen molar-refractivity contribution in [1.82, 2.24) is 5.32 Å². The first-order valence-corrected chi connectivity index (χ1v) is 13.4. The maximum atomic E-state index is 11.6. The first-order valence-electron chi connectivity index (χ1n) is 13.4. The Bertz CT molecular complexity index is 1510. The molecule has 0 fully saturated rings. The van der Waals surface area contributed by atoms with Crippen LogP contribution in [-0.4, -0.2) is 11.1 Å². The minimum absolute atomic E-state index is 0.324. The molecule has 0 atom stereocenters. The van der Waals surface area contributed by atoms with Crippen LogP contribution < -0.4 is 5.32 Å². The Kier molecular flexibility index (Phi) is 8.83. The number of hydrogen-bond acceptors (Lipinski definition) is 2. The summed E-state index contributed by atoms with van der Waals surface area (Å²) in [6.45, 7) is 13.7. The van der Waals surface area contributed by atoms with Gasteiger partial charge in [0.05, 0.1) is 5.56 Å². The SMILES string of the molecule is C=C(NCc1ccc(C)cc1)c1ccc(C)c(/C(C)=C(/C)CCc2ccc(-c3ccccc3C(=O)O)cc2)c1. The van der Waals surface area contributed by atoms with Gasteiger partial charge in [-0.15, -0.1) is 0 Å². The van der Waals surface area contributed by atoms with Crippen molar-refractivity contribution in [3.8, 4) is 11.1 Å². The highest BCUT2D eigenvalue weighted by Gasteiger charge is 2.11. The van der Waals surface area contributed by atoms with Gasteiger partial charge in [0.25, 0.3) is 0 Å². The van der Waals surface area contributed by atoms with Gasteiger partial charge in [-0.1, -0.05) is 96.6 Å². The van der Waals surface area contributed by atoms with Gasteiger partial charge in [-0.3, -0.25) is 0 Å². The minimum Gasteiger partial charge on any atom is -0.478 e. The topological polar surface area (TPSA) is 49.3 Å². The number of benzene rings is 4. The summed E-state index contributed by atoms with van der Waals surface area (Å²) in [7, 11) is 0. The second-order valence-corrected chi connectivity index (χ2v) is 10.3. The lowest BCUT2D eigenvalue weighted by atomic mass is 9.92. The Morgan fingerprint density at radius 3 is 2.18 bits per heavy atom. The summed E-state index contributed by atoms with van der Waals surface area (Å²) in [5.74, 6) is -0.907. The molecule has 4 aromatic carbocycles. The molecule has 0 heterocycles. The van der Waals surface area contributed by atoms with E-state index in [1.54, 1.807) is 12.1 Å². The number of carboxylic acid groups (broad SMARTS) is 1. The normalized spacial score (nSPS) is 11.6. The zero-order chi connectivity index (χ0) is 27.9. The minimum atomic E-state index is -0.907. The van der Waals surface area contributed by atoms with Crippen LogP contribution >= 0.6 is 0 Å². The molecule has 0 aliphatic rings. The van der Waals surface area contributed by atoms with E-state index in [2.05, 4.69) is 94.2 Å². The van der Waals surface area contributed by atoms with Gasteiger partial charge in [-0.2, -0.15) is 0 Å². The molecule has 4 rings (SSSR count). The van der Waals surface area contributed by atoms with Gasteiger partial charge >= 0.3 is 5.97 Å². The Hall–Kier alpha value is -4.37. The van der Waals surface area contributed by atoms with Crippen LogP contribution in [0.4, 0.5) is 0 Å². The highest BCUT2D eigenvalue weighted by molar-refractivity contribution is 5.96. The molecule has 0 aliphatic carbocycles. The highest BCUT2D eigenvalue weighted by Crippen LogP contribution is 2.28. The molecule has 0 aromatic heterocycles. The molecule has 0 saturated carbocycles. The summed E-state index contributed by atoms with van der Waals surface area (Å²) in [6.07, 6.45) is 1.88. The molecule has 3 heteroatoms. The fourth-order valence-electron chi connectivity index (χ4n) is 4.75. The standard InChI is InChI=1S/C36H37NO2/c1-24-10-14-30(15-11-24)23-37-28(5)32-19-13-26(3)35(22-32)27(4)25(2)12-16-29-17-20-31(21-18-29)33-8-6-7-9-34(33)36(38)39/h6-11,13-15,17-22,37H,5,12,16,23H2,1-4H3,(H,38,39)/b27-25-. The van der Waals surface area contributed by atoms with Crippen molar-refractivity contribution in [1.29, 1.82) is 0 Å². The van der Waals surface area contributed by atoms with Crippen LogP contribution in [-0.2, 0) is 13.0 Å². The number of allylic oxidation sites excluding steroid dienone is 2. The first-order chi connectivity index (χ1) is 18.7. The predicted molar refractivity (Wildman–Crippen MR) is 164 cm³/mol. The molecule has 39 heavy (non-hydrogen) atoms. The lowest BCUT2D eigenvalue weighted by Crippen LogP contribution is -2.11. The summed E-state index contributed by atoms with van der Waals surface area (Å²) in [4.78, 5) is 11.6. The van der Waals surface area contributed by atoms with E-state index in [0.29, 0.717) is 5.56 Å². The van der Waals surface area contributed by atoms with Gasteiger partial charge in [0, 0.05) is 12.2 Å². The van der Waals surface area contributed by atoms with E-state index in [-0.39, 0.29) is 0 Å². The highest BCUT2D eigenvalue weighted by atomic mass is 16.4. The number of carbonyl (C=O) groups is 1. The van der Waals surface area contributed by atoms with Crippen molar-refractivity contribution >= 4 is 17.2 Å². The van der Waals surface area contributed by atoms with Crippen molar-refractivity contribution in [2.75, 3.05) is 0 Å². The Balaban J connectivity index is 1.43. The Morgan fingerprint density at radius 1 is 0.821 bits per heavy atom. The number of carboxylic acids is 1. The number of nitrogens with one attached hydrogen (secondary N) is 1. The third-order valence-electron chi connectivity index (χ3n) is 7.47. The monoisotopic (exact) mass is 515 g/mol. The van der Waals surface area contributed by atoms with Crippen LogP contribution in [0.2, 0.25) is 0 Å². The average molecular weight is 516 g/mol. The van der Waals surface area contributed by atoms with E-state index < -0.39 is 5.97 Å². The van der Waals surface area contributed by atoms with Crippen LogP contribution in [0.25, 0.3) is 22.4 Å². The van der Waals surface area contributed by atoms with Gasteiger partial charge in [0.15, 0.2) is 0 Å². The molecule has 0 unspecified atom stereocenters. The van der Waals surface area contributed by atoms with E-state index in [4.69, 9.17) is 0 Å². The Morgan fingerprint density at radius 2 is 1.49 bits per heavy atom. The molecule has 4 aromatic rings. The number of hydrogen-bond donors (Lipinski definition) is 2. The molecule has 0 radical (unpaired) electrons. The van der Waals surface area contributed by atoms with Crippen LogP contribution in [0.5, 0.6) is 0 Å². The van der Waals surface area contributed by atoms with Gasteiger partial charge in [-0.05, 0) is 97.2 Å². The van der Waals surface area contributed by atoms with Crippen molar-refractivity contribution in [3.05, 3.63) is 142 Å². The summed E-state index contributed by atoms with van der Waals surface area (Å²) < 4.78 is 0. The largest absolute Gasteiger partial charge is 0.478 e. The first kappa shape index (κ1) is 27.7. The van der Waals surface area contributed by atoms with E-state index in [0.717, 1.165) is 41.8 Å². The molecular weight excluding hydrogens is 478 g/mol. The summed E-state index contributed by atoms with van der Waals surface area (Å²) in [5.41, 5.74) is 12.9. The van der Waals surface area contributed by atoms with Crippen LogP contribution in [0.3, 0.4) is 0 Å². The smallest absolute Gasteiger partial charge is 0.336 e. The van der Waals surface area contributed by atoms with Gasteiger partial charge in [-0.25, -0.2) is 4.79 Å². The zero-order valence-corrected chi connectivity index (χ0v) is 23.3. The molecule has 2 N–H and O–H groups in total. The maximum absolute atomic E-state index is 11.6. The van der Waals surface area contributed by atoms with E-state index in [9.17, 15) is 9.90 Å². The van der Waals surface area contributed by atoms with Gasteiger partial charge in [0.1, 0.15) is 0 Å². The number of aryl methyl sites for hydroxylation is 3.